The average molecular weight is 342 g/mol. The predicted molar refractivity (Wildman–Crippen MR) is 90.4 cm³/mol. The second-order valence-electron chi connectivity index (χ2n) is 6.14. The molecule has 3 aromatic heterocycles. The van der Waals surface area contributed by atoms with E-state index in [1.807, 2.05) is 12.3 Å². The van der Waals surface area contributed by atoms with Crippen molar-refractivity contribution in [3.8, 4) is 11.4 Å². The van der Waals surface area contributed by atoms with E-state index in [2.05, 4.69) is 25.4 Å². The van der Waals surface area contributed by atoms with Crippen molar-refractivity contribution >= 4 is 22.8 Å². The highest BCUT2D eigenvalue weighted by molar-refractivity contribution is 5.97. The minimum Gasteiger partial charge on any atom is -0.465 e. The lowest BCUT2D eigenvalue weighted by Crippen LogP contribution is -2.44. The summed E-state index contributed by atoms with van der Waals surface area (Å²) in [5, 5.41) is 17.6. The number of carbonyl (C=O) groups is 1. The minimum absolute atomic E-state index is 0.0112. The third-order valence-corrected chi connectivity index (χ3v) is 4.40. The number of aromatic amines is 1. The van der Waals surface area contributed by atoms with Gasteiger partial charge >= 0.3 is 6.09 Å². The van der Waals surface area contributed by atoms with Gasteiger partial charge in [-0.2, -0.15) is 4.98 Å². The van der Waals surface area contributed by atoms with Crippen LogP contribution in [-0.4, -0.2) is 55.3 Å². The lowest BCUT2D eigenvalue weighted by Gasteiger charge is -2.32. The Morgan fingerprint density at radius 2 is 2.40 bits per heavy atom. The van der Waals surface area contributed by atoms with Crippen LogP contribution in [-0.2, 0) is 0 Å². The van der Waals surface area contributed by atoms with E-state index in [0.717, 1.165) is 35.1 Å². The first-order valence-corrected chi connectivity index (χ1v) is 8.13. The summed E-state index contributed by atoms with van der Waals surface area (Å²) in [5.41, 5.74) is 2.32. The molecule has 0 spiro atoms. The Hall–Kier alpha value is -3.10. The van der Waals surface area contributed by atoms with Crippen LogP contribution in [0.15, 0.2) is 23.0 Å². The van der Waals surface area contributed by atoms with Crippen molar-refractivity contribution in [2.75, 3.05) is 18.4 Å². The van der Waals surface area contributed by atoms with Gasteiger partial charge in [-0.1, -0.05) is 5.16 Å². The van der Waals surface area contributed by atoms with Crippen LogP contribution < -0.4 is 5.32 Å². The molecule has 25 heavy (non-hydrogen) atoms. The van der Waals surface area contributed by atoms with Crippen molar-refractivity contribution in [2.24, 2.45) is 0 Å². The Morgan fingerprint density at radius 3 is 3.16 bits per heavy atom. The van der Waals surface area contributed by atoms with E-state index in [1.54, 1.807) is 13.1 Å². The van der Waals surface area contributed by atoms with Crippen molar-refractivity contribution in [2.45, 2.75) is 25.8 Å². The third kappa shape index (κ3) is 2.88. The SMILES string of the molecule is Cc1nc(-c2cnc3[nH]ccc3c2N[C@@H]2CCCN(C(=O)O)C2)no1. The van der Waals surface area contributed by atoms with E-state index >= 15 is 0 Å². The Labute approximate surface area is 143 Å². The number of carboxylic acid groups (broad SMARTS) is 1. The van der Waals surface area contributed by atoms with Gasteiger partial charge in [0.2, 0.25) is 11.7 Å². The molecule has 4 heterocycles. The van der Waals surface area contributed by atoms with Crippen LogP contribution in [0, 0.1) is 6.92 Å². The molecule has 1 aliphatic heterocycles. The quantitative estimate of drug-likeness (QED) is 0.668. The molecule has 9 nitrogen and oxygen atoms in total. The van der Waals surface area contributed by atoms with Gasteiger partial charge < -0.3 is 24.8 Å². The zero-order valence-corrected chi connectivity index (χ0v) is 13.7. The Morgan fingerprint density at radius 1 is 1.52 bits per heavy atom. The van der Waals surface area contributed by atoms with Crippen molar-refractivity contribution in [1.29, 1.82) is 0 Å². The van der Waals surface area contributed by atoms with Crippen molar-refractivity contribution in [1.82, 2.24) is 25.0 Å². The fourth-order valence-electron chi connectivity index (χ4n) is 3.21. The number of hydrogen-bond acceptors (Lipinski definition) is 6. The number of fused-ring (bicyclic) bond motifs is 1. The highest BCUT2D eigenvalue weighted by Crippen LogP contribution is 2.33. The molecule has 3 aromatic rings. The van der Waals surface area contributed by atoms with Crippen LogP contribution in [0.1, 0.15) is 18.7 Å². The normalized spacial score (nSPS) is 17.8. The summed E-state index contributed by atoms with van der Waals surface area (Å²) in [6.45, 7) is 2.74. The molecule has 130 valence electrons. The molecule has 1 aliphatic rings. The molecule has 1 atom stereocenters. The molecule has 4 rings (SSSR count). The predicted octanol–water partition coefficient (Wildman–Crippen LogP) is 2.48. The van der Waals surface area contributed by atoms with Gasteiger partial charge in [-0.15, -0.1) is 0 Å². The number of pyridine rings is 1. The van der Waals surface area contributed by atoms with Crippen LogP contribution >= 0.6 is 0 Å². The highest BCUT2D eigenvalue weighted by atomic mass is 16.5. The molecule has 0 unspecified atom stereocenters. The topological polar surface area (TPSA) is 120 Å². The monoisotopic (exact) mass is 342 g/mol. The number of piperidine rings is 1. The number of likely N-dealkylation sites (tertiary alicyclic amines) is 1. The van der Waals surface area contributed by atoms with Crippen molar-refractivity contribution < 1.29 is 14.4 Å². The summed E-state index contributed by atoms with van der Waals surface area (Å²) in [6, 6.07) is 1.94. The first kappa shape index (κ1) is 15.4. The summed E-state index contributed by atoms with van der Waals surface area (Å²) in [5.74, 6) is 0.936. The van der Waals surface area contributed by atoms with Crippen LogP contribution in [0.2, 0.25) is 0 Å². The number of aryl methyl sites for hydroxylation is 1. The molecular formula is C16H18N6O3. The summed E-state index contributed by atoms with van der Waals surface area (Å²) >= 11 is 0. The number of nitrogens with one attached hydrogen (secondary N) is 2. The van der Waals surface area contributed by atoms with Gasteiger partial charge in [-0.3, -0.25) is 0 Å². The fourth-order valence-corrected chi connectivity index (χ4v) is 3.21. The van der Waals surface area contributed by atoms with Gasteiger partial charge in [0.1, 0.15) is 5.65 Å². The van der Waals surface area contributed by atoms with E-state index in [-0.39, 0.29) is 6.04 Å². The molecule has 3 N–H and O–H groups in total. The number of hydrogen-bond donors (Lipinski definition) is 3. The Kier molecular flexibility index (Phi) is 3.75. The molecule has 0 radical (unpaired) electrons. The van der Waals surface area contributed by atoms with E-state index in [0.29, 0.717) is 24.8 Å². The third-order valence-electron chi connectivity index (χ3n) is 4.40. The second-order valence-corrected chi connectivity index (χ2v) is 6.14. The van der Waals surface area contributed by atoms with E-state index in [1.165, 1.54) is 4.90 Å². The standard InChI is InChI=1S/C16H18N6O3/c1-9-19-15(21-25-9)12-7-18-14-11(4-5-17-14)13(12)20-10-3-2-6-22(8-10)16(23)24/h4-5,7,10H,2-3,6,8H2,1H3,(H,23,24)(H2,17,18,20)/t10-/m1/s1. The highest BCUT2D eigenvalue weighted by Gasteiger charge is 2.25. The number of amides is 1. The van der Waals surface area contributed by atoms with Gasteiger partial charge in [0.15, 0.2) is 0 Å². The number of H-pyrrole nitrogens is 1. The maximum absolute atomic E-state index is 11.3. The number of nitrogens with zero attached hydrogens (tertiary/aromatic N) is 4. The molecule has 0 saturated carbocycles. The number of aromatic nitrogens is 4. The first-order chi connectivity index (χ1) is 12.1. The Balaban J connectivity index is 1.72. The largest absolute Gasteiger partial charge is 0.465 e. The van der Waals surface area contributed by atoms with Crippen LogP contribution in [0.3, 0.4) is 0 Å². The summed E-state index contributed by atoms with van der Waals surface area (Å²) < 4.78 is 5.10. The molecule has 1 amide bonds. The molecule has 1 saturated heterocycles. The van der Waals surface area contributed by atoms with Crippen molar-refractivity contribution in [3.05, 3.63) is 24.4 Å². The molecule has 0 aromatic carbocycles. The lowest BCUT2D eigenvalue weighted by molar-refractivity contribution is 0.133. The molecule has 0 aliphatic carbocycles. The average Bonchev–Trinajstić information content (AvgIpc) is 3.24. The van der Waals surface area contributed by atoms with Gasteiger partial charge in [0, 0.05) is 43.8 Å². The van der Waals surface area contributed by atoms with Crippen molar-refractivity contribution in [3.63, 3.8) is 0 Å². The van der Waals surface area contributed by atoms with E-state index in [4.69, 9.17) is 4.52 Å². The zero-order chi connectivity index (χ0) is 17.4. The first-order valence-electron chi connectivity index (χ1n) is 8.13. The minimum atomic E-state index is -0.887. The van der Waals surface area contributed by atoms with E-state index < -0.39 is 6.09 Å². The molecule has 1 fully saturated rings. The summed E-state index contributed by atoms with van der Waals surface area (Å²) in [6.07, 6.45) is 4.34. The molecular weight excluding hydrogens is 324 g/mol. The summed E-state index contributed by atoms with van der Waals surface area (Å²) in [7, 11) is 0. The van der Waals surface area contributed by atoms with E-state index in [9.17, 15) is 9.90 Å². The number of anilines is 1. The van der Waals surface area contributed by atoms with Crippen LogP contribution in [0.4, 0.5) is 10.5 Å². The van der Waals surface area contributed by atoms with Crippen LogP contribution in [0.25, 0.3) is 22.4 Å². The molecule has 9 heteroatoms. The number of rotatable bonds is 3. The van der Waals surface area contributed by atoms with Gasteiger partial charge in [0.05, 0.1) is 11.3 Å². The molecule has 0 bridgehead atoms. The van der Waals surface area contributed by atoms with Gasteiger partial charge in [-0.05, 0) is 18.9 Å². The smallest absolute Gasteiger partial charge is 0.407 e. The second kappa shape index (κ2) is 6.08. The summed E-state index contributed by atoms with van der Waals surface area (Å²) in [4.78, 5) is 24.5. The lowest BCUT2D eigenvalue weighted by atomic mass is 10.0. The maximum Gasteiger partial charge on any atom is 0.407 e. The van der Waals surface area contributed by atoms with Crippen LogP contribution in [0.5, 0.6) is 0 Å². The zero-order valence-electron chi connectivity index (χ0n) is 13.7. The maximum atomic E-state index is 11.3. The van der Waals surface area contributed by atoms with Gasteiger partial charge in [-0.25, -0.2) is 9.78 Å². The van der Waals surface area contributed by atoms with Gasteiger partial charge in [0.25, 0.3) is 0 Å². The Bertz CT molecular complexity index is 918. The fraction of sp³-hybridized carbons (Fsp3) is 0.375.